The van der Waals surface area contributed by atoms with E-state index in [1.807, 2.05) is 0 Å². The van der Waals surface area contributed by atoms with Crippen LogP contribution in [-0.2, 0) is 9.47 Å². The first-order valence-electron chi connectivity index (χ1n) is 5.24. The first-order valence-corrected chi connectivity index (χ1v) is 6.04. The smallest absolute Gasteiger partial charge is 0.150 e. The number of hydrogen-bond acceptors (Lipinski definition) is 3. The van der Waals surface area contributed by atoms with Crippen LogP contribution in [0.2, 0.25) is 0 Å². The third-order valence-corrected chi connectivity index (χ3v) is 3.11. The van der Waals surface area contributed by atoms with Gasteiger partial charge < -0.3 is 14.8 Å². The lowest BCUT2D eigenvalue weighted by atomic mass is 10.2. The molecule has 1 unspecified atom stereocenters. The molecular formula is C11H12BrF2NO2. The van der Waals surface area contributed by atoms with Gasteiger partial charge in [-0.25, -0.2) is 8.78 Å². The molecule has 1 aliphatic heterocycles. The average molecular weight is 308 g/mol. The van der Waals surface area contributed by atoms with Crippen molar-refractivity contribution >= 4 is 21.6 Å². The largest absolute Gasteiger partial charge is 0.379 e. The van der Waals surface area contributed by atoms with Gasteiger partial charge in [-0.15, -0.1) is 0 Å². The Balaban J connectivity index is 1.98. The van der Waals surface area contributed by atoms with Crippen LogP contribution in [-0.4, -0.2) is 26.0 Å². The molecule has 1 fully saturated rings. The summed E-state index contributed by atoms with van der Waals surface area (Å²) in [4.78, 5) is 0. The minimum atomic E-state index is -0.621. The van der Waals surface area contributed by atoms with Gasteiger partial charge in [0.05, 0.1) is 18.4 Å². The van der Waals surface area contributed by atoms with E-state index in [4.69, 9.17) is 9.47 Å². The summed E-state index contributed by atoms with van der Waals surface area (Å²) in [6.07, 6.45) is 0.744. The van der Waals surface area contributed by atoms with Gasteiger partial charge >= 0.3 is 0 Å². The molecule has 0 amide bonds. The molecule has 17 heavy (non-hydrogen) atoms. The van der Waals surface area contributed by atoms with Crippen LogP contribution in [0.4, 0.5) is 14.5 Å². The fourth-order valence-corrected chi connectivity index (χ4v) is 2.14. The van der Waals surface area contributed by atoms with Gasteiger partial charge in [-0.1, -0.05) is 0 Å². The van der Waals surface area contributed by atoms with E-state index in [-0.39, 0.29) is 18.6 Å². The molecular weight excluding hydrogens is 296 g/mol. The number of benzene rings is 1. The van der Waals surface area contributed by atoms with E-state index in [2.05, 4.69) is 21.2 Å². The highest BCUT2D eigenvalue weighted by Gasteiger charge is 2.16. The van der Waals surface area contributed by atoms with Gasteiger partial charge in [0.1, 0.15) is 18.4 Å². The van der Waals surface area contributed by atoms with Crippen molar-refractivity contribution in [2.75, 3.05) is 25.3 Å². The number of rotatable bonds is 3. The summed E-state index contributed by atoms with van der Waals surface area (Å²) in [5, 5.41) is 2.91. The molecule has 6 heteroatoms. The monoisotopic (exact) mass is 307 g/mol. The molecule has 0 aromatic heterocycles. The first-order chi connectivity index (χ1) is 8.16. The van der Waals surface area contributed by atoms with Gasteiger partial charge in [-0.05, 0) is 28.4 Å². The summed E-state index contributed by atoms with van der Waals surface area (Å²) in [5.41, 5.74) is 0.251. The molecule has 0 saturated carbocycles. The van der Waals surface area contributed by atoms with E-state index in [1.54, 1.807) is 0 Å². The highest BCUT2D eigenvalue weighted by molar-refractivity contribution is 9.10. The van der Waals surface area contributed by atoms with Crippen molar-refractivity contribution in [3.05, 3.63) is 28.2 Å². The van der Waals surface area contributed by atoms with Crippen molar-refractivity contribution in [3.8, 4) is 0 Å². The van der Waals surface area contributed by atoms with Crippen molar-refractivity contribution in [2.24, 2.45) is 0 Å². The molecule has 0 radical (unpaired) electrons. The van der Waals surface area contributed by atoms with E-state index in [1.165, 1.54) is 6.07 Å². The minimum Gasteiger partial charge on any atom is -0.379 e. The minimum absolute atomic E-state index is 0.0138. The predicted octanol–water partition coefficient (Wildman–Crippen LogP) is 2.90. The molecule has 1 aliphatic rings. The third-order valence-electron chi connectivity index (χ3n) is 2.48. The number of hydrogen-bond donors (Lipinski definition) is 1. The van der Waals surface area contributed by atoms with E-state index in [0.29, 0.717) is 17.6 Å². The number of ether oxygens (including phenoxy) is 2. The predicted molar refractivity (Wildman–Crippen MR) is 62.9 cm³/mol. The fourth-order valence-electron chi connectivity index (χ4n) is 1.59. The Hall–Kier alpha value is -0.720. The molecule has 1 aromatic carbocycles. The highest BCUT2D eigenvalue weighted by Crippen LogP contribution is 2.27. The topological polar surface area (TPSA) is 30.5 Å². The van der Waals surface area contributed by atoms with Crippen LogP contribution >= 0.6 is 15.9 Å². The van der Waals surface area contributed by atoms with Crippen LogP contribution in [0.25, 0.3) is 0 Å². The summed E-state index contributed by atoms with van der Waals surface area (Å²) in [5.74, 6) is -1.23. The van der Waals surface area contributed by atoms with Gasteiger partial charge in [0.15, 0.2) is 0 Å². The van der Waals surface area contributed by atoms with E-state index in [9.17, 15) is 8.78 Å². The SMILES string of the molecule is Fc1cc(F)c(NCC2CCOCO2)c(Br)c1. The van der Waals surface area contributed by atoms with Crippen molar-refractivity contribution in [3.63, 3.8) is 0 Å². The fraction of sp³-hybridized carbons (Fsp3) is 0.455. The summed E-state index contributed by atoms with van der Waals surface area (Å²) in [7, 11) is 0. The molecule has 1 N–H and O–H groups in total. The number of nitrogens with one attached hydrogen (secondary N) is 1. The zero-order chi connectivity index (χ0) is 12.3. The van der Waals surface area contributed by atoms with Crippen molar-refractivity contribution in [1.82, 2.24) is 0 Å². The molecule has 1 aromatic rings. The summed E-state index contributed by atoms with van der Waals surface area (Å²) >= 11 is 3.11. The van der Waals surface area contributed by atoms with E-state index < -0.39 is 11.6 Å². The summed E-state index contributed by atoms with van der Waals surface area (Å²) in [6.45, 7) is 1.36. The second kappa shape index (κ2) is 5.75. The standard InChI is InChI=1S/C11H12BrF2NO2/c12-9-3-7(13)4-10(14)11(9)15-5-8-1-2-16-6-17-8/h3-4,8,15H,1-2,5-6H2. The zero-order valence-corrected chi connectivity index (χ0v) is 10.6. The molecule has 2 rings (SSSR count). The maximum absolute atomic E-state index is 13.5. The van der Waals surface area contributed by atoms with Gasteiger partial charge in [0, 0.05) is 17.1 Å². The Morgan fingerprint density at radius 2 is 2.24 bits per heavy atom. The third kappa shape index (κ3) is 3.37. The molecule has 1 saturated heterocycles. The Morgan fingerprint density at radius 1 is 1.41 bits per heavy atom. The van der Waals surface area contributed by atoms with Crippen LogP contribution in [0.3, 0.4) is 0 Å². The van der Waals surface area contributed by atoms with Crippen LogP contribution in [0, 0.1) is 11.6 Å². The zero-order valence-electron chi connectivity index (χ0n) is 9.01. The van der Waals surface area contributed by atoms with Gasteiger partial charge in [-0.2, -0.15) is 0 Å². The summed E-state index contributed by atoms with van der Waals surface area (Å²) in [6, 6.07) is 2.06. The second-order valence-corrected chi connectivity index (χ2v) is 4.58. The lowest BCUT2D eigenvalue weighted by Gasteiger charge is -2.23. The molecule has 3 nitrogen and oxygen atoms in total. The molecule has 0 aliphatic carbocycles. The Labute approximate surface area is 106 Å². The van der Waals surface area contributed by atoms with Gasteiger partial charge in [0.25, 0.3) is 0 Å². The van der Waals surface area contributed by atoms with Crippen LogP contribution < -0.4 is 5.32 Å². The van der Waals surface area contributed by atoms with Gasteiger partial charge in [-0.3, -0.25) is 0 Å². The molecule has 0 spiro atoms. The lowest BCUT2D eigenvalue weighted by molar-refractivity contribution is -0.133. The van der Waals surface area contributed by atoms with Crippen molar-refractivity contribution < 1.29 is 18.3 Å². The Bertz CT molecular complexity index is 374. The van der Waals surface area contributed by atoms with Crippen LogP contribution in [0.1, 0.15) is 6.42 Å². The first kappa shape index (κ1) is 12.7. The molecule has 94 valence electrons. The maximum atomic E-state index is 13.5. The maximum Gasteiger partial charge on any atom is 0.150 e. The van der Waals surface area contributed by atoms with E-state index >= 15 is 0 Å². The van der Waals surface area contributed by atoms with Gasteiger partial charge in [0.2, 0.25) is 0 Å². The quantitative estimate of drug-likeness (QED) is 0.931. The Kier molecular flexibility index (Phi) is 4.31. The highest BCUT2D eigenvalue weighted by atomic mass is 79.9. The number of halogens is 3. The van der Waals surface area contributed by atoms with Crippen LogP contribution in [0.5, 0.6) is 0 Å². The molecule has 1 heterocycles. The molecule has 0 bridgehead atoms. The Morgan fingerprint density at radius 3 is 2.88 bits per heavy atom. The average Bonchev–Trinajstić information content (AvgIpc) is 2.29. The summed E-state index contributed by atoms with van der Waals surface area (Å²) < 4.78 is 37.0. The van der Waals surface area contributed by atoms with Crippen molar-refractivity contribution in [2.45, 2.75) is 12.5 Å². The number of anilines is 1. The molecule has 1 atom stereocenters. The normalized spacial score (nSPS) is 20.3. The second-order valence-electron chi connectivity index (χ2n) is 3.73. The van der Waals surface area contributed by atoms with E-state index in [0.717, 1.165) is 12.5 Å². The van der Waals surface area contributed by atoms with Crippen molar-refractivity contribution in [1.29, 1.82) is 0 Å². The lowest BCUT2D eigenvalue weighted by Crippen LogP contribution is -2.30. The van der Waals surface area contributed by atoms with Crippen LogP contribution in [0.15, 0.2) is 16.6 Å².